The van der Waals surface area contributed by atoms with Crippen molar-refractivity contribution in [1.82, 2.24) is 4.90 Å². The summed E-state index contributed by atoms with van der Waals surface area (Å²) >= 11 is 5.10. The summed E-state index contributed by atoms with van der Waals surface area (Å²) in [5, 5.41) is 0. The highest BCUT2D eigenvalue weighted by molar-refractivity contribution is 7.80. The highest BCUT2D eigenvalue weighted by Crippen LogP contribution is 2.26. The van der Waals surface area contributed by atoms with E-state index in [9.17, 15) is 4.79 Å². The molecule has 1 fully saturated rings. The SMILES string of the molecule is CCCC(C(=O)N(CC(C)C)C1CCCC1)C(N)=S. The van der Waals surface area contributed by atoms with E-state index < -0.39 is 0 Å². The van der Waals surface area contributed by atoms with Crippen molar-refractivity contribution < 1.29 is 4.79 Å². The fourth-order valence-corrected chi connectivity index (χ4v) is 3.12. The Labute approximate surface area is 122 Å². The Kier molecular flexibility index (Phi) is 6.76. The molecule has 1 amide bonds. The van der Waals surface area contributed by atoms with Crippen molar-refractivity contribution in [1.29, 1.82) is 0 Å². The lowest BCUT2D eigenvalue weighted by atomic mass is 9.99. The molecule has 19 heavy (non-hydrogen) atoms. The summed E-state index contributed by atoms with van der Waals surface area (Å²) < 4.78 is 0. The van der Waals surface area contributed by atoms with Crippen LogP contribution in [0, 0.1) is 11.8 Å². The van der Waals surface area contributed by atoms with E-state index in [0.717, 1.165) is 32.2 Å². The van der Waals surface area contributed by atoms with Gasteiger partial charge in [0.15, 0.2) is 0 Å². The molecule has 0 heterocycles. The first-order chi connectivity index (χ1) is 8.97. The third-order valence-corrected chi connectivity index (χ3v) is 4.11. The summed E-state index contributed by atoms with van der Waals surface area (Å²) in [4.78, 5) is 15.2. The number of carbonyl (C=O) groups excluding carboxylic acids is 1. The van der Waals surface area contributed by atoms with Crippen LogP contribution in [0.15, 0.2) is 0 Å². The zero-order chi connectivity index (χ0) is 14.4. The molecular weight excluding hydrogens is 256 g/mol. The van der Waals surface area contributed by atoms with Crippen molar-refractivity contribution >= 4 is 23.1 Å². The number of nitrogens with zero attached hydrogens (tertiary/aromatic N) is 1. The van der Waals surface area contributed by atoms with Crippen molar-refractivity contribution in [3.05, 3.63) is 0 Å². The largest absolute Gasteiger partial charge is 0.393 e. The number of hydrogen-bond donors (Lipinski definition) is 1. The van der Waals surface area contributed by atoms with Crippen molar-refractivity contribution in [2.45, 2.75) is 65.3 Å². The van der Waals surface area contributed by atoms with Gasteiger partial charge in [-0.25, -0.2) is 0 Å². The number of thiocarbonyl (C=S) groups is 1. The lowest BCUT2D eigenvalue weighted by Crippen LogP contribution is -2.47. The highest BCUT2D eigenvalue weighted by Gasteiger charge is 2.32. The third kappa shape index (κ3) is 4.75. The van der Waals surface area contributed by atoms with E-state index in [0.29, 0.717) is 16.9 Å². The molecule has 1 aliphatic rings. The first-order valence-corrected chi connectivity index (χ1v) is 7.98. The predicted molar refractivity (Wildman–Crippen MR) is 84.0 cm³/mol. The summed E-state index contributed by atoms with van der Waals surface area (Å²) in [6, 6.07) is 0.406. The molecule has 0 aromatic carbocycles. The van der Waals surface area contributed by atoms with Crippen molar-refractivity contribution in [2.24, 2.45) is 17.6 Å². The number of hydrogen-bond acceptors (Lipinski definition) is 2. The van der Waals surface area contributed by atoms with Crippen LogP contribution in [-0.2, 0) is 4.79 Å². The van der Waals surface area contributed by atoms with Crippen LogP contribution in [0.4, 0.5) is 0 Å². The second-order valence-corrected chi connectivity index (χ2v) is 6.54. The highest BCUT2D eigenvalue weighted by atomic mass is 32.1. The Hall–Kier alpha value is -0.640. The summed E-state index contributed by atoms with van der Waals surface area (Å²) in [5.41, 5.74) is 5.77. The van der Waals surface area contributed by atoms with Gasteiger partial charge in [0.05, 0.1) is 10.9 Å². The first kappa shape index (κ1) is 16.4. The van der Waals surface area contributed by atoms with Gasteiger partial charge in [-0.15, -0.1) is 0 Å². The average molecular weight is 284 g/mol. The predicted octanol–water partition coefficient (Wildman–Crippen LogP) is 3.12. The molecule has 4 heteroatoms. The lowest BCUT2D eigenvalue weighted by Gasteiger charge is -2.33. The first-order valence-electron chi connectivity index (χ1n) is 7.57. The molecule has 0 saturated heterocycles. The van der Waals surface area contributed by atoms with Crippen LogP contribution >= 0.6 is 12.2 Å². The van der Waals surface area contributed by atoms with Crippen LogP contribution in [0.1, 0.15) is 59.3 Å². The van der Waals surface area contributed by atoms with Crippen LogP contribution in [0.3, 0.4) is 0 Å². The monoisotopic (exact) mass is 284 g/mol. The number of amides is 1. The van der Waals surface area contributed by atoms with E-state index in [1.807, 2.05) is 0 Å². The third-order valence-electron chi connectivity index (χ3n) is 3.83. The Morgan fingerprint density at radius 1 is 1.37 bits per heavy atom. The molecule has 1 aliphatic carbocycles. The fraction of sp³-hybridized carbons (Fsp3) is 0.867. The van der Waals surface area contributed by atoms with Gasteiger partial charge in [-0.2, -0.15) is 0 Å². The van der Waals surface area contributed by atoms with Crippen LogP contribution in [-0.4, -0.2) is 28.4 Å². The molecule has 1 unspecified atom stereocenters. The van der Waals surface area contributed by atoms with Crippen LogP contribution in [0.5, 0.6) is 0 Å². The maximum absolute atomic E-state index is 12.8. The van der Waals surface area contributed by atoms with Gasteiger partial charge in [-0.05, 0) is 25.2 Å². The molecule has 0 bridgehead atoms. The minimum absolute atomic E-state index is 0.162. The number of carbonyl (C=O) groups is 1. The van der Waals surface area contributed by atoms with Gasteiger partial charge in [-0.1, -0.05) is 52.3 Å². The van der Waals surface area contributed by atoms with Gasteiger partial charge in [0, 0.05) is 12.6 Å². The average Bonchev–Trinajstić information content (AvgIpc) is 2.85. The van der Waals surface area contributed by atoms with Crippen LogP contribution in [0.2, 0.25) is 0 Å². The Morgan fingerprint density at radius 3 is 2.37 bits per heavy atom. The van der Waals surface area contributed by atoms with E-state index in [1.54, 1.807) is 0 Å². The van der Waals surface area contributed by atoms with E-state index in [1.165, 1.54) is 12.8 Å². The zero-order valence-electron chi connectivity index (χ0n) is 12.5. The minimum Gasteiger partial charge on any atom is -0.393 e. The Morgan fingerprint density at radius 2 is 1.95 bits per heavy atom. The van der Waals surface area contributed by atoms with E-state index in [2.05, 4.69) is 25.7 Å². The van der Waals surface area contributed by atoms with E-state index in [4.69, 9.17) is 18.0 Å². The maximum atomic E-state index is 12.8. The Balaban J connectivity index is 2.81. The molecule has 0 radical (unpaired) electrons. The summed E-state index contributed by atoms with van der Waals surface area (Å²) in [5.74, 6) is 0.382. The van der Waals surface area contributed by atoms with Crippen molar-refractivity contribution in [3.63, 3.8) is 0 Å². The quantitative estimate of drug-likeness (QED) is 0.731. The molecule has 110 valence electrons. The van der Waals surface area contributed by atoms with Gasteiger partial charge >= 0.3 is 0 Å². The van der Waals surface area contributed by atoms with Gasteiger partial charge in [0.25, 0.3) is 0 Å². The molecule has 0 aliphatic heterocycles. The molecule has 0 spiro atoms. The minimum atomic E-state index is -0.264. The van der Waals surface area contributed by atoms with Crippen molar-refractivity contribution in [2.75, 3.05) is 6.54 Å². The van der Waals surface area contributed by atoms with Crippen molar-refractivity contribution in [3.8, 4) is 0 Å². The van der Waals surface area contributed by atoms with Gasteiger partial charge < -0.3 is 10.6 Å². The number of nitrogens with two attached hydrogens (primary N) is 1. The summed E-state index contributed by atoms with van der Waals surface area (Å²) in [7, 11) is 0. The second-order valence-electron chi connectivity index (χ2n) is 6.07. The van der Waals surface area contributed by atoms with Gasteiger partial charge in [-0.3, -0.25) is 4.79 Å². The zero-order valence-corrected chi connectivity index (χ0v) is 13.3. The second kappa shape index (κ2) is 7.83. The number of rotatable bonds is 7. The molecule has 2 N–H and O–H groups in total. The topological polar surface area (TPSA) is 46.3 Å². The van der Waals surface area contributed by atoms with E-state index in [-0.39, 0.29) is 11.8 Å². The maximum Gasteiger partial charge on any atom is 0.232 e. The van der Waals surface area contributed by atoms with Crippen LogP contribution < -0.4 is 5.73 Å². The summed E-state index contributed by atoms with van der Waals surface area (Å²) in [6.07, 6.45) is 6.45. The Bertz CT molecular complexity index is 311. The fourth-order valence-electron chi connectivity index (χ4n) is 2.90. The standard InChI is InChI=1S/C15H28N2OS/c1-4-7-13(14(16)19)15(18)17(10-11(2)3)12-8-5-6-9-12/h11-13H,4-10H2,1-3H3,(H2,16,19). The smallest absolute Gasteiger partial charge is 0.232 e. The summed E-state index contributed by atoms with van der Waals surface area (Å²) in [6.45, 7) is 7.21. The molecule has 1 rings (SSSR count). The molecule has 1 saturated carbocycles. The van der Waals surface area contributed by atoms with Crippen LogP contribution in [0.25, 0.3) is 0 Å². The molecular formula is C15H28N2OS. The lowest BCUT2D eigenvalue weighted by molar-refractivity contribution is -0.136. The normalized spacial score (nSPS) is 17.7. The van der Waals surface area contributed by atoms with Gasteiger partial charge in [0.1, 0.15) is 0 Å². The molecule has 0 aromatic heterocycles. The van der Waals surface area contributed by atoms with Gasteiger partial charge in [0.2, 0.25) is 5.91 Å². The van der Waals surface area contributed by atoms with E-state index >= 15 is 0 Å². The molecule has 1 atom stereocenters. The molecule has 0 aromatic rings. The molecule has 3 nitrogen and oxygen atoms in total.